The highest BCUT2D eigenvalue weighted by molar-refractivity contribution is 5.81. The Hall–Kier alpha value is -1.88. The van der Waals surface area contributed by atoms with Crippen LogP contribution >= 0.6 is 0 Å². The van der Waals surface area contributed by atoms with Crippen molar-refractivity contribution in [2.75, 3.05) is 26.2 Å². The first kappa shape index (κ1) is 18.5. The Labute approximate surface area is 144 Å². The van der Waals surface area contributed by atoms with Crippen LogP contribution in [0, 0.1) is 5.92 Å². The number of esters is 1. The van der Waals surface area contributed by atoms with Gasteiger partial charge < -0.3 is 15.4 Å². The van der Waals surface area contributed by atoms with Crippen molar-refractivity contribution in [3.63, 3.8) is 0 Å². The number of hydrogen-bond donors (Lipinski definition) is 2. The van der Waals surface area contributed by atoms with Crippen LogP contribution in [0.5, 0.6) is 0 Å². The summed E-state index contributed by atoms with van der Waals surface area (Å²) in [5.41, 5.74) is 0.870. The predicted octanol–water partition coefficient (Wildman–Crippen LogP) is 2.23. The second-order valence-corrected chi connectivity index (χ2v) is 6.25. The maximum Gasteiger partial charge on any atom is 0.315 e. The first-order valence-electron chi connectivity index (χ1n) is 8.89. The van der Waals surface area contributed by atoms with Crippen molar-refractivity contribution in [1.82, 2.24) is 10.6 Å². The third kappa shape index (κ3) is 5.96. The molecule has 1 amide bonds. The number of benzene rings is 1. The summed E-state index contributed by atoms with van der Waals surface area (Å²) in [7, 11) is 0. The molecule has 0 aromatic heterocycles. The van der Waals surface area contributed by atoms with Crippen molar-refractivity contribution >= 4 is 11.9 Å². The maximum atomic E-state index is 12.2. The molecular formula is C19H28N2O3. The van der Waals surface area contributed by atoms with Gasteiger partial charge in [-0.05, 0) is 50.8 Å². The van der Waals surface area contributed by atoms with Crippen LogP contribution in [0.4, 0.5) is 0 Å². The largest absolute Gasteiger partial charge is 0.465 e. The second kappa shape index (κ2) is 10.1. The minimum absolute atomic E-state index is 0.0127. The molecule has 0 spiro atoms. The first-order chi connectivity index (χ1) is 11.7. The average molecular weight is 332 g/mol. The van der Waals surface area contributed by atoms with Crippen LogP contribution in [0.15, 0.2) is 30.3 Å². The van der Waals surface area contributed by atoms with Gasteiger partial charge in [0.2, 0.25) is 5.91 Å². The molecule has 5 heteroatoms. The van der Waals surface area contributed by atoms with Crippen LogP contribution in [0.3, 0.4) is 0 Å². The van der Waals surface area contributed by atoms with E-state index in [1.54, 1.807) is 6.92 Å². The molecule has 0 radical (unpaired) electrons. The number of carbonyl (C=O) groups excluding carboxylic acids is 2. The van der Waals surface area contributed by atoms with E-state index in [0.29, 0.717) is 18.9 Å². The summed E-state index contributed by atoms with van der Waals surface area (Å²) in [6.07, 6.45) is 3.73. The van der Waals surface area contributed by atoms with Crippen LogP contribution in [-0.4, -0.2) is 38.1 Å². The highest BCUT2D eigenvalue weighted by Crippen LogP contribution is 2.19. The van der Waals surface area contributed by atoms with Crippen molar-refractivity contribution < 1.29 is 14.3 Å². The molecule has 0 bridgehead atoms. The highest BCUT2D eigenvalue weighted by atomic mass is 16.5. The predicted molar refractivity (Wildman–Crippen MR) is 93.7 cm³/mol. The van der Waals surface area contributed by atoms with Gasteiger partial charge in [0.1, 0.15) is 0 Å². The van der Waals surface area contributed by atoms with E-state index in [1.165, 1.54) is 0 Å². The van der Waals surface area contributed by atoms with Crippen molar-refractivity contribution in [3.8, 4) is 0 Å². The number of rotatable bonds is 8. The van der Waals surface area contributed by atoms with Crippen LogP contribution in [0.1, 0.15) is 44.1 Å². The standard InChI is InChI=1S/C19H28N2O3/c1-2-24-19(23)17(16-6-4-3-5-7-16)14-21-18(22)9-8-15-10-12-20-13-11-15/h3-7,15,17,20H,2,8-14H2,1H3,(H,21,22). The van der Waals surface area contributed by atoms with Crippen LogP contribution in [-0.2, 0) is 14.3 Å². The van der Waals surface area contributed by atoms with Crippen LogP contribution in [0.25, 0.3) is 0 Å². The van der Waals surface area contributed by atoms with Crippen molar-refractivity contribution in [2.24, 2.45) is 5.92 Å². The minimum atomic E-state index is -0.450. The average Bonchev–Trinajstić information content (AvgIpc) is 2.62. The molecule has 5 nitrogen and oxygen atoms in total. The number of ether oxygens (including phenoxy) is 1. The normalized spacial score (nSPS) is 16.4. The summed E-state index contributed by atoms with van der Waals surface area (Å²) in [5.74, 6) is -0.0953. The highest BCUT2D eigenvalue weighted by Gasteiger charge is 2.23. The fourth-order valence-electron chi connectivity index (χ4n) is 3.08. The van der Waals surface area contributed by atoms with E-state index in [0.717, 1.165) is 37.9 Å². The molecule has 1 aromatic carbocycles. The van der Waals surface area contributed by atoms with E-state index in [2.05, 4.69) is 10.6 Å². The Morgan fingerprint density at radius 2 is 1.96 bits per heavy atom. The smallest absolute Gasteiger partial charge is 0.315 e. The Morgan fingerprint density at radius 3 is 2.62 bits per heavy atom. The number of hydrogen-bond acceptors (Lipinski definition) is 4. The summed E-state index contributed by atoms with van der Waals surface area (Å²) in [6, 6.07) is 9.47. The molecule has 1 atom stereocenters. The monoisotopic (exact) mass is 332 g/mol. The zero-order chi connectivity index (χ0) is 17.2. The summed E-state index contributed by atoms with van der Waals surface area (Å²) >= 11 is 0. The van der Waals surface area contributed by atoms with Gasteiger partial charge in [-0.3, -0.25) is 9.59 Å². The molecule has 1 saturated heterocycles. The zero-order valence-electron chi connectivity index (χ0n) is 14.4. The van der Waals surface area contributed by atoms with E-state index in [9.17, 15) is 9.59 Å². The molecule has 1 aliphatic heterocycles. The number of piperidine rings is 1. The minimum Gasteiger partial charge on any atom is -0.465 e. The molecular weight excluding hydrogens is 304 g/mol. The molecule has 1 fully saturated rings. The summed E-state index contributed by atoms with van der Waals surface area (Å²) in [6.45, 7) is 4.51. The number of carbonyl (C=O) groups is 2. The van der Waals surface area contributed by atoms with E-state index in [4.69, 9.17) is 4.74 Å². The van der Waals surface area contributed by atoms with Gasteiger partial charge in [-0.15, -0.1) is 0 Å². The summed E-state index contributed by atoms with van der Waals surface area (Å²) in [4.78, 5) is 24.3. The van der Waals surface area contributed by atoms with Gasteiger partial charge in [0.25, 0.3) is 0 Å². The number of nitrogens with one attached hydrogen (secondary N) is 2. The van der Waals surface area contributed by atoms with Gasteiger partial charge in [0.05, 0.1) is 12.5 Å². The Balaban J connectivity index is 1.82. The molecule has 24 heavy (non-hydrogen) atoms. The van der Waals surface area contributed by atoms with E-state index in [1.807, 2.05) is 30.3 Å². The lowest BCUT2D eigenvalue weighted by Gasteiger charge is -2.22. The van der Waals surface area contributed by atoms with Gasteiger partial charge in [0, 0.05) is 13.0 Å². The Kier molecular flexibility index (Phi) is 7.75. The molecule has 1 heterocycles. The molecule has 0 saturated carbocycles. The summed E-state index contributed by atoms with van der Waals surface area (Å²) < 4.78 is 5.15. The van der Waals surface area contributed by atoms with Gasteiger partial charge in [-0.25, -0.2) is 0 Å². The second-order valence-electron chi connectivity index (χ2n) is 6.25. The van der Waals surface area contributed by atoms with Gasteiger partial charge >= 0.3 is 5.97 Å². The molecule has 2 rings (SSSR count). The van der Waals surface area contributed by atoms with Crippen molar-refractivity contribution in [3.05, 3.63) is 35.9 Å². The molecule has 132 valence electrons. The fourth-order valence-corrected chi connectivity index (χ4v) is 3.08. The molecule has 2 N–H and O–H groups in total. The SMILES string of the molecule is CCOC(=O)C(CNC(=O)CCC1CCNCC1)c1ccccc1. The van der Waals surface area contributed by atoms with Crippen molar-refractivity contribution in [2.45, 2.75) is 38.5 Å². The third-order valence-corrected chi connectivity index (χ3v) is 4.51. The van der Waals surface area contributed by atoms with Crippen molar-refractivity contribution in [1.29, 1.82) is 0 Å². The summed E-state index contributed by atoms with van der Waals surface area (Å²) in [5, 5.41) is 6.24. The Bertz CT molecular complexity index is 513. The third-order valence-electron chi connectivity index (χ3n) is 4.51. The maximum absolute atomic E-state index is 12.2. The lowest BCUT2D eigenvalue weighted by molar-refractivity contribution is -0.144. The molecule has 1 aliphatic rings. The topological polar surface area (TPSA) is 67.4 Å². The number of amides is 1. The van der Waals surface area contributed by atoms with Gasteiger partial charge in [0.15, 0.2) is 0 Å². The van der Waals surface area contributed by atoms with E-state index >= 15 is 0 Å². The molecule has 0 aliphatic carbocycles. The zero-order valence-corrected chi connectivity index (χ0v) is 14.4. The quantitative estimate of drug-likeness (QED) is 0.717. The van der Waals surface area contributed by atoms with Crippen LogP contribution in [0.2, 0.25) is 0 Å². The van der Waals surface area contributed by atoms with Gasteiger partial charge in [-0.1, -0.05) is 30.3 Å². The molecule has 1 unspecified atom stereocenters. The fraction of sp³-hybridized carbons (Fsp3) is 0.579. The molecule has 1 aromatic rings. The lowest BCUT2D eigenvalue weighted by Crippen LogP contribution is -2.33. The first-order valence-corrected chi connectivity index (χ1v) is 8.89. The van der Waals surface area contributed by atoms with Gasteiger partial charge in [-0.2, -0.15) is 0 Å². The lowest BCUT2D eigenvalue weighted by atomic mass is 9.93. The van der Waals surface area contributed by atoms with Crippen LogP contribution < -0.4 is 10.6 Å². The van der Waals surface area contributed by atoms with E-state index < -0.39 is 5.92 Å². The van der Waals surface area contributed by atoms with E-state index in [-0.39, 0.29) is 18.4 Å². The Morgan fingerprint density at radius 1 is 1.25 bits per heavy atom.